The number of carbonyl (C=O) groups excluding carboxylic acids is 1. The van der Waals surface area contributed by atoms with Gasteiger partial charge in [0.25, 0.3) is 5.91 Å². The summed E-state index contributed by atoms with van der Waals surface area (Å²) in [5.41, 5.74) is 1.15. The lowest BCUT2D eigenvalue weighted by molar-refractivity contribution is -0.138. The molecule has 1 amide bonds. The number of hydrogen-bond donors (Lipinski definition) is 1. The first-order chi connectivity index (χ1) is 18.5. The molecule has 1 aliphatic heterocycles. The summed E-state index contributed by atoms with van der Waals surface area (Å²) in [6.45, 7) is 3.06. The van der Waals surface area contributed by atoms with Crippen LogP contribution in [0.2, 0.25) is 0 Å². The largest absolute Gasteiger partial charge is 0.416 e. The number of anilines is 1. The number of methoxy groups -OCH3 is 1. The number of carbonyl (C=O) groups is 1. The van der Waals surface area contributed by atoms with E-state index < -0.39 is 23.1 Å². The van der Waals surface area contributed by atoms with Crippen molar-refractivity contribution in [2.75, 3.05) is 18.6 Å². The minimum absolute atomic E-state index is 0.0295. The first-order valence-corrected chi connectivity index (χ1v) is 13.3. The lowest BCUT2D eigenvalue weighted by Crippen LogP contribution is -2.48. The van der Waals surface area contributed by atoms with E-state index in [-0.39, 0.29) is 35.7 Å². The minimum atomic E-state index is -4.56. The number of ether oxygens (including phenoxy) is 1. The first-order valence-electron chi connectivity index (χ1n) is 13.3. The highest BCUT2D eigenvalue weighted by molar-refractivity contribution is 6.10. The van der Waals surface area contributed by atoms with E-state index in [0.29, 0.717) is 24.1 Å². The molecule has 0 unspecified atom stereocenters. The number of rotatable bonds is 8. The van der Waals surface area contributed by atoms with Crippen LogP contribution in [0.15, 0.2) is 42.7 Å². The highest BCUT2D eigenvalue weighted by Crippen LogP contribution is 2.50. The second kappa shape index (κ2) is 9.16. The van der Waals surface area contributed by atoms with Crippen molar-refractivity contribution < 1.29 is 22.7 Å². The molecule has 3 aliphatic rings. The van der Waals surface area contributed by atoms with E-state index in [1.54, 1.807) is 25.6 Å². The molecule has 1 aromatic heterocycles. The van der Waals surface area contributed by atoms with E-state index in [1.807, 2.05) is 29.8 Å². The second-order valence-electron chi connectivity index (χ2n) is 11.6. The van der Waals surface area contributed by atoms with Crippen molar-refractivity contribution in [3.05, 3.63) is 76.4 Å². The van der Waals surface area contributed by atoms with E-state index in [0.717, 1.165) is 30.8 Å². The summed E-state index contributed by atoms with van der Waals surface area (Å²) in [5.74, 6) is 0.375. The number of aryl methyl sites for hydroxylation is 1. The van der Waals surface area contributed by atoms with E-state index in [2.05, 4.69) is 22.4 Å². The van der Waals surface area contributed by atoms with Gasteiger partial charge < -0.3 is 19.5 Å². The van der Waals surface area contributed by atoms with Gasteiger partial charge in [0.05, 0.1) is 23.6 Å². The van der Waals surface area contributed by atoms with Gasteiger partial charge in [-0.05, 0) is 72.1 Å². The fourth-order valence-electron chi connectivity index (χ4n) is 6.05. The van der Waals surface area contributed by atoms with Crippen molar-refractivity contribution in [2.24, 2.45) is 12.5 Å². The molecule has 2 aromatic carbocycles. The number of hydrogen-bond acceptors (Lipinski definition) is 5. The molecule has 0 radical (unpaired) electrons. The lowest BCUT2D eigenvalue weighted by Gasteiger charge is -2.46. The Labute approximate surface area is 225 Å². The molecule has 2 saturated carbocycles. The quantitative estimate of drug-likeness (QED) is 0.437. The van der Waals surface area contributed by atoms with Crippen molar-refractivity contribution in [3.63, 3.8) is 0 Å². The topological polar surface area (TPSA) is 72.3 Å². The predicted molar refractivity (Wildman–Crippen MR) is 139 cm³/mol. The molecule has 0 bridgehead atoms. The van der Waals surface area contributed by atoms with Gasteiger partial charge in [-0.3, -0.25) is 4.79 Å². The Morgan fingerprint density at radius 1 is 1.18 bits per heavy atom. The maximum Gasteiger partial charge on any atom is 0.416 e. The molecule has 2 heterocycles. The van der Waals surface area contributed by atoms with Crippen molar-refractivity contribution in [1.29, 1.82) is 0 Å². The summed E-state index contributed by atoms with van der Waals surface area (Å²) in [6.07, 6.45) is 0.785. The maximum absolute atomic E-state index is 14.2. The first kappa shape index (κ1) is 26.0. The van der Waals surface area contributed by atoms with E-state index in [1.165, 1.54) is 11.0 Å². The molecule has 7 nitrogen and oxygen atoms in total. The SMILES string of the molecule is COC1CC(c2cccc(N3Cc4c(cc(CNCC5(C)CC5)cc4C(F)(F)F)C3=O)c2)(c2nncn2C)C1. The molecule has 2 aliphatic carbocycles. The highest BCUT2D eigenvalue weighted by atomic mass is 19.4. The third-order valence-corrected chi connectivity index (χ3v) is 8.73. The summed E-state index contributed by atoms with van der Waals surface area (Å²) in [5, 5.41) is 11.7. The van der Waals surface area contributed by atoms with Crippen LogP contribution in [0.1, 0.15) is 71.0 Å². The maximum atomic E-state index is 14.2. The van der Waals surface area contributed by atoms with Crippen LogP contribution in [0, 0.1) is 5.41 Å². The predicted octanol–water partition coefficient (Wildman–Crippen LogP) is 4.98. The van der Waals surface area contributed by atoms with Gasteiger partial charge in [-0.2, -0.15) is 13.2 Å². The average molecular weight is 540 g/mol. The van der Waals surface area contributed by atoms with Gasteiger partial charge >= 0.3 is 6.18 Å². The number of fused-ring (bicyclic) bond motifs is 1. The average Bonchev–Trinajstić information content (AvgIpc) is 3.29. The van der Waals surface area contributed by atoms with E-state index in [4.69, 9.17) is 4.74 Å². The fourth-order valence-corrected chi connectivity index (χ4v) is 6.05. The molecule has 206 valence electrons. The van der Waals surface area contributed by atoms with Crippen molar-refractivity contribution in [3.8, 4) is 0 Å². The molecular formula is C29H32F3N5O2. The standard InChI is InChI=1S/C29H32F3N5O2/c1-27(7-8-27)16-33-14-18-9-22-23(24(10-18)29(30,31)32)15-37(25(22)38)20-6-4-5-19(11-20)28(12-21(13-28)39-3)26-35-34-17-36(26)2/h4-6,9-11,17,21,33H,7-8,12-16H2,1-3H3. The van der Waals surface area contributed by atoms with Gasteiger partial charge in [0, 0.05) is 38.5 Å². The molecule has 10 heteroatoms. The van der Waals surface area contributed by atoms with Crippen molar-refractivity contribution in [2.45, 2.75) is 63.4 Å². The number of benzene rings is 2. The van der Waals surface area contributed by atoms with Gasteiger partial charge in [0.2, 0.25) is 0 Å². The number of nitrogens with one attached hydrogen (secondary N) is 1. The highest BCUT2D eigenvalue weighted by Gasteiger charge is 2.50. The zero-order chi connectivity index (χ0) is 27.6. The number of halogens is 3. The molecule has 3 aromatic rings. The van der Waals surface area contributed by atoms with Crippen LogP contribution < -0.4 is 10.2 Å². The Hall–Kier alpha value is -3.24. The third-order valence-electron chi connectivity index (χ3n) is 8.73. The van der Waals surface area contributed by atoms with Gasteiger partial charge in [-0.15, -0.1) is 10.2 Å². The van der Waals surface area contributed by atoms with Crippen LogP contribution in [0.4, 0.5) is 18.9 Å². The minimum Gasteiger partial charge on any atom is -0.381 e. The summed E-state index contributed by atoms with van der Waals surface area (Å²) in [6, 6.07) is 10.3. The number of nitrogens with zero attached hydrogens (tertiary/aromatic N) is 4. The Morgan fingerprint density at radius 2 is 1.95 bits per heavy atom. The van der Waals surface area contributed by atoms with Crippen molar-refractivity contribution in [1.82, 2.24) is 20.1 Å². The molecule has 39 heavy (non-hydrogen) atoms. The Balaban J connectivity index is 1.32. The van der Waals surface area contributed by atoms with Crippen LogP contribution in [-0.2, 0) is 36.5 Å². The summed E-state index contributed by atoms with van der Waals surface area (Å²) in [7, 11) is 3.56. The van der Waals surface area contributed by atoms with Crippen LogP contribution in [0.5, 0.6) is 0 Å². The molecular weight excluding hydrogens is 507 g/mol. The molecule has 6 rings (SSSR count). The lowest BCUT2D eigenvalue weighted by atomic mass is 9.62. The molecule has 1 N–H and O–H groups in total. The Bertz CT molecular complexity index is 1420. The zero-order valence-electron chi connectivity index (χ0n) is 22.3. The van der Waals surface area contributed by atoms with Gasteiger partial charge in [-0.25, -0.2) is 0 Å². The van der Waals surface area contributed by atoms with Gasteiger partial charge in [0.1, 0.15) is 12.2 Å². The summed E-state index contributed by atoms with van der Waals surface area (Å²) in [4.78, 5) is 15.0. The van der Waals surface area contributed by atoms with E-state index in [9.17, 15) is 18.0 Å². The van der Waals surface area contributed by atoms with Gasteiger partial charge in [-0.1, -0.05) is 19.1 Å². The van der Waals surface area contributed by atoms with Crippen LogP contribution in [0.3, 0.4) is 0 Å². The van der Waals surface area contributed by atoms with Crippen LogP contribution >= 0.6 is 0 Å². The molecule has 0 spiro atoms. The normalized spacial score (nSPS) is 23.6. The zero-order valence-corrected chi connectivity index (χ0v) is 22.3. The summed E-state index contributed by atoms with van der Waals surface area (Å²) < 4.78 is 49.9. The molecule has 0 atom stereocenters. The number of amides is 1. The fraction of sp³-hybridized carbons (Fsp3) is 0.483. The third kappa shape index (κ3) is 4.53. The molecule has 0 saturated heterocycles. The van der Waals surface area contributed by atoms with Crippen LogP contribution in [-0.4, -0.2) is 40.4 Å². The smallest absolute Gasteiger partial charge is 0.381 e. The Morgan fingerprint density at radius 3 is 2.59 bits per heavy atom. The second-order valence-corrected chi connectivity index (χ2v) is 11.6. The number of alkyl halides is 3. The van der Waals surface area contributed by atoms with Gasteiger partial charge in [0.15, 0.2) is 0 Å². The van der Waals surface area contributed by atoms with Crippen molar-refractivity contribution >= 4 is 11.6 Å². The Kier molecular flexibility index (Phi) is 6.11. The number of aromatic nitrogens is 3. The van der Waals surface area contributed by atoms with E-state index >= 15 is 0 Å². The molecule has 2 fully saturated rings. The summed E-state index contributed by atoms with van der Waals surface area (Å²) >= 11 is 0. The van der Waals surface area contributed by atoms with Crippen LogP contribution in [0.25, 0.3) is 0 Å². The monoisotopic (exact) mass is 539 g/mol.